The van der Waals surface area contributed by atoms with Gasteiger partial charge < -0.3 is 0 Å². The number of sulfonamides is 1. The number of rotatable bonds is 8. The van der Waals surface area contributed by atoms with Crippen molar-refractivity contribution in [1.82, 2.24) is 4.31 Å². The Kier molecular flexibility index (Phi) is 6.13. The summed E-state index contributed by atoms with van der Waals surface area (Å²) in [5.74, 6) is -0.0648. The van der Waals surface area contributed by atoms with Crippen LogP contribution in [0.25, 0.3) is 0 Å². The molecule has 14 heavy (non-hydrogen) atoms. The molecule has 0 aromatic heterocycles. The third-order valence-electron chi connectivity index (χ3n) is 1.64. The minimum atomic E-state index is -3.37. The number of nitroso groups, excluding NO2 is 2. The molecule has 0 radical (unpaired) electrons. The van der Waals surface area contributed by atoms with E-state index in [0.717, 1.165) is 4.31 Å². The van der Waals surface area contributed by atoms with Crippen molar-refractivity contribution in [3.05, 3.63) is 9.81 Å². The van der Waals surface area contributed by atoms with Crippen molar-refractivity contribution in [1.29, 1.82) is 0 Å². The maximum atomic E-state index is 11.3. The highest BCUT2D eigenvalue weighted by molar-refractivity contribution is 7.89. The summed E-state index contributed by atoms with van der Waals surface area (Å²) < 4.78 is 23.8. The molecule has 0 aliphatic rings. The normalized spacial score (nSPS) is 11.6. The third kappa shape index (κ3) is 4.38. The minimum absolute atomic E-state index is 0.00912. The van der Waals surface area contributed by atoms with E-state index in [0.29, 0.717) is 0 Å². The van der Waals surface area contributed by atoms with E-state index in [-0.39, 0.29) is 31.9 Å². The largest absolute Gasteiger partial charge is 0.213 e. The molecule has 0 fully saturated rings. The van der Waals surface area contributed by atoms with Crippen molar-refractivity contribution in [3.63, 3.8) is 0 Å². The highest BCUT2D eigenvalue weighted by Gasteiger charge is 2.19. The van der Waals surface area contributed by atoms with Gasteiger partial charge in [-0.15, -0.1) is 0 Å². The molecule has 0 bridgehead atoms. The number of hydrogen-bond acceptors (Lipinski definition) is 6. The molecule has 0 heterocycles. The van der Waals surface area contributed by atoms with E-state index in [9.17, 15) is 18.2 Å². The quantitative estimate of drug-likeness (QED) is 0.548. The Balaban J connectivity index is 4.37. The average molecular weight is 223 g/mol. The summed E-state index contributed by atoms with van der Waals surface area (Å²) in [5.41, 5.74) is 0. The van der Waals surface area contributed by atoms with Gasteiger partial charge in [0.15, 0.2) is 0 Å². The van der Waals surface area contributed by atoms with Gasteiger partial charge in [-0.1, -0.05) is 10.4 Å². The van der Waals surface area contributed by atoms with Gasteiger partial charge >= 0.3 is 0 Å². The minimum Gasteiger partial charge on any atom is -0.212 e. The second-order valence-corrected chi connectivity index (χ2v) is 4.76. The third-order valence-corrected chi connectivity index (χ3v) is 3.52. The Hall–Kier alpha value is -0.890. The van der Waals surface area contributed by atoms with E-state index in [1.54, 1.807) is 0 Å². The van der Waals surface area contributed by atoms with E-state index in [1.807, 2.05) is 0 Å². The molecule has 0 aromatic rings. The van der Waals surface area contributed by atoms with Crippen LogP contribution in [0.2, 0.25) is 0 Å². The van der Waals surface area contributed by atoms with Crippen molar-refractivity contribution in [2.75, 3.05) is 31.9 Å². The monoisotopic (exact) mass is 223 g/mol. The van der Waals surface area contributed by atoms with Gasteiger partial charge in [0.05, 0.1) is 18.8 Å². The SMILES string of the molecule is CCS(=O)(=O)N(CCN=O)CCN=O. The molecule has 8 heteroatoms. The predicted octanol–water partition coefficient (Wildman–Crippen LogP) is 0.171. The molecule has 0 amide bonds. The zero-order chi connectivity index (χ0) is 11.0. The molecule has 7 nitrogen and oxygen atoms in total. The van der Waals surface area contributed by atoms with Crippen molar-refractivity contribution >= 4 is 10.0 Å². The molecule has 0 aromatic carbocycles. The second-order valence-electron chi connectivity index (χ2n) is 2.51. The Bertz CT molecular complexity index is 265. The van der Waals surface area contributed by atoms with Crippen molar-refractivity contribution < 1.29 is 8.42 Å². The zero-order valence-corrected chi connectivity index (χ0v) is 8.73. The molecule has 0 atom stereocenters. The lowest BCUT2D eigenvalue weighted by Crippen LogP contribution is -2.36. The predicted molar refractivity (Wildman–Crippen MR) is 52.4 cm³/mol. The highest BCUT2D eigenvalue weighted by atomic mass is 32.2. The van der Waals surface area contributed by atoms with Crippen LogP contribution in [0.1, 0.15) is 6.92 Å². The van der Waals surface area contributed by atoms with Gasteiger partial charge in [0.2, 0.25) is 10.0 Å². The van der Waals surface area contributed by atoms with Gasteiger partial charge in [-0.05, 0) is 6.92 Å². The van der Waals surface area contributed by atoms with Gasteiger partial charge in [-0.25, -0.2) is 8.42 Å². The smallest absolute Gasteiger partial charge is 0.212 e. The number of nitrogens with zero attached hydrogens (tertiary/aromatic N) is 3. The first kappa shape index (κ1) is 13.1. The highest BCUT2D eigenvalue weighted by Crippen LogP contribution is 2.00. The Morgan fingerprint density at radius 1 is 1.07 bits per heavy atom. The lowest BCUT2D eigenvalue weighted by atomic mass is 10.6. The van der Waals surface area contributed by atoms with Crippen LogP contribution in [0, 0.1) is 9.81 Å². The van der Waals surface area contributed by atoms with E-state index >= 15 is 0 Å². The Morgan fingerprint density at radius 2 is 1.50 bits per heavy atom. The molecule has 0 aliphatic carbocycles. The van der Waals surface area contributed by atoms with Crippen LogP contribution in [0.3, 0.4) is 0 Å². The van der Waals surface area contributed by atoms with Crippen LogP contribution in [0.4, 0.5) is 0 Å². The maximum Gasteiger partial charge on any atom is 0.213 e. The lowest BCUT2D eigenvalue weighted by Gasteiger charge is -2.18. The van der Waals surface area contributed by atoms with E-state index in [4.69, 9.17) is 0 Å². The van der Waals surface area contributed by atoms with Crippen LogP contribution in [-0.2, 0) is 10.0 Å². The lowest BCUT2D eigenvalue weighted by molar-refractivity contribution is 0.427. The van der Waals surface area contributed by atoms with Crippen LogP contribution < -0.4 is 0 Å². The molecule has 0 rings (SSSR count). The van der Waals surface area contributed by atoms with E-state index in [2.05, 4.69) is 10.4 Å². The summed E-state index contributed by atoms with van der Waals surface area (Å²) in [6.07, 6.45) is 0. The average Bonchev–Trinajstić information content (AvgIpc) is 2.17. The molecular formula is C6H13N3O4S. The molecular weight excluding hydrogens is 210 g/mol. The van der Waals surface area contributed by atoms with Crippen LogP contribution in [0.15, 0.2) is 10.4 Å². The number of hydrogen-bond donors (Lipinski definition) is 0. The van der Waals surface area contributed by atoms with Crippen LogP contribution in [0.5, 0.6) is 0 Å². The topological polar surface area (TPSA) is 96.2 Å². The molecule has 0 spiro atoms. The van der Waals surface area contributed by atoms with Gasteiger partial charge in [0, 0.05) is 13.1 Å². The summed E-state index contributed by atoms with van der Waals surface area (Å²) in [6, 6.07) is 0. The summed E-state index contributed by atoms with van der Waals surface area (Å²) in [5, 5.41) is 5.13. The Labute approximate surface area is 82.5 Å². The van der Waals surface area contributed by atoms with E-state index < -0.39 is 10.0 Å². The van der Waals surface area contributed by atoms with E-state index in [1.165, 1.54) is 6.92 Å². The summed E-state index contributed by atoms with van der Waals surface area (Å²) >= 11 is 0. The summed E-state index contributed by atoms with van der Waals surface area (Å²) in [4.78, 5) is 19.7. The Morgan fingerprint density at radius 3 is 1.79 bits per heavy atom. The van der Waals surface area contributed by atoms with Gasteiger partial charge in [-0.2, -0.15) is 14.1 Å². The fourth-order valence-electron chi connectivity index (χ4n) is 0.877. The fraction of sp³-hybridized carbons (Fsp3) is 1.00. The van der Waals surface area contributed by atoms with Gasteiger partial charge in [0.1, 0.15) is 0 Å². The molecule has 0 saturated heterocycles. The van der Waals surface area contributed by atoms with Crippen LogP contribution >= 0.6 is 0 Å². The molecule has 0 aliphatic heterocycles. The maximum absolute atomic E-state index is 11.3. The molecule has 82 valence electrons. The van der Waals surface area contributed by atoms with Gasteiger partial charge in [-0.3, -0.25) is 0 Å². The van der Waals surface area contributed by atoms with Crippen LogP contribution in [-0.4, -0.2) is 44.7 Å². The first-order valence-corrected chi connectivity index (χ1v) is 5.75. The first-order chi connectivity index (χ1) is 6.58. The molecule has 0 N–H and O–H groups in total. The molecule has 0 saturated carbocycles. The van der Waals surface area contributed by atoms with Crippen molar-refractivity contribution in [3.8, 4) is 0 Å². The molecule has 0 unspecified atom stereocenters. The summed E-state index contributed by atoms with van der Waals surface area (Å²) in [7, 11) is -3.37. The zero-order valence-electron chi connectivity index (χ0n) is 7.92. The fourth-order valence-corrected chi connectivity index (χ4v) is 1.96. The second kappa shape index (κ2) is 6.55. The standard InChI is InChI=1S/C6H13N3O4S/c1-2-14(12,13)9(5-3-7-10)6-4-8-11/h2-6H2,1H3. The first-order valence-electron chi connectivity index (χ1n) is 4.14. The van der Waals surface area contributed by atoms with Gasteiger partial charge in [0.25, 0.3) is 0 Å². The van der Waals surface area contributed by atoms with Crippen molar-refractivity contribution in [2.24, 2.45) is 10.4 Å². The van der Waals surface area contributed by atoms with Crippen molar-refractivity contribution in [2.45, 2.75) is 6.92 Å². The summed E-state index contributed by atoms with van der Waals surface area (Å²) in [6.45, 7) is 1.28.